The van der Waals surface area contributed by atoms with Crippen molar-refractivity contribution in [3.8, 4) is 16.9 Å². The van der Waals surface area contributed by atoms with E-state index in [1.54, 1.807) is 6.07 Å². The van der Waals surface area contributed by atoms with Crippen molar-refractivity contribution in [2.24, 2.45) is 0 Å². The fourth-order valence-corrected chi connectivity index (χ4v) is 4.40. The first kappa shape index (κ1) is 22.6. The molecular formula is C28H25ClN2O2. The van der Waals surface area contributed by atoms with Crippen LogP contribution in [0.5, 0.6) is 0 Å². The Labute approximate surface area is 198 Å². The summed E-state index contributed by atoms with van der Waals surface area (Å²) in [5.41, 5.74) is 5.96. The van der Waals surface area contributed by atoms with Crippen LogP contribution < -0.4 is 10.7 Å². The fourth-order valence-electron chi connectivity index (χ4n) is 4.17. The average Bonchev–Trinajstić information content (AvgIpc) is 2.77. The summed E-state index contributed by atoms with van der Waals surface area (Å²) >= 11 is 6.60. The number of hydrogen-bond acceptors (Lipinski definition) is 2. The molecule has 0 saturated heterocycles. The molecule has 0 bridgehead atoms. The monoisotopic (exact) mass is 456 g/mol. The summed E-state index contributed by atoms with van der Waals surface area (Å²) in [6.07, 6.45) is 0. The number of benzene rings is 3. The van der Waals surface area contributed by atoms with Crippen molar-refractivity contribution in [3.05, 3.63) is 116 Å². The van der Waals surface area contributed by atoms with E-state index >= 15 is 0 Å². The van der Waals surface area contributed by atoms with Crippen LogP contribution in [0.25, 0.3) is 16.9 Å². The van der Waals surface area contributed by atoms with Crippen LogP contribution in [0.15, 0.2) is 77.6 Å². The van der Waals surface area contributed by atoms with Crippen LogP contribution in [0.3, 0.4) is 0 Å². The standard InChI is InChI=1S/C28H25ClN2O2/c1-17-10-5-8-15-23(17)31-20(4)16-24(32)25(27(31)21-13-6-7-14-22(21)29)28(33)30-26-18(2)11-9-12-19(26)3/h5-16H,1-4H3,(H,30,33). The van der Waals surface area contributed by atoms with Gasteiger partial charge in [0.1, 0.15) is 5.56 Å². The molecule has 5 heteroatoms. The highest BCUT2D eigenvalue weighted by Gasteiger charge is 2.25. The Balaban J connectivity index is 2.05. The lowest BCUT2D eigenvalue weighted by atomic mass is 10.0. The molecule has 0 aliphatic carbocycles. The van der Waals surface area contributed by atoms with Gasteiger partial charge in [0.05, 0.1) is 5.69 Å². The maximum Gasteiger partial charge on any atom is 0.261 e. The third-order valence-corrected chi connectivity index (χ3v) is 6.16. The summed E-state index contributed by atoms with van der Waals surface area (Å²) in [5.74, 6) is -0.463. The number of carbonyl (C=O) groups excluding carboxylic acids is 1. The van der Waals surface area contributed by atoms with Gasteiger partial charge in [0.25, 0.3) is 5.91 Å². The lowest BCUT2D eigenvalue weighted by molar-refractivity contribution is 0.102. The van der Waals surface area contributed by atoms with E-state index in [1.807, 2.05) is 92.9 Å². The van der Waals surface area contributed by atoms with Crippen LogP contribution in [-0.2, 0) is 0 Å². The molecule has 4 aromatic rings. The molecule has 1 amide bonds. The number of nitrogens with one attached hydrogen (secondary N) is 1. The maximum absolute atomic E-state index is 13.7. The first-order valence-electron chi connectivity index (χ1n) is 10.7. The molecule has 1 N–H and O–H groups in total. The van der Waals surface area contributed by atoms with Crippen LogP contribution in [0.2, 0.25) is 5.02 Å². The van der Waals surface area contributed by atoms with Crippen molar-refractivity contribution < 1.29 is 4.79 Å². The van der Waals surface area contributed by atoms with Crippen LogP contribution in [0, 0.1) is 27.7 Å². The maximum atomic E-state index is 13.7. The zero-order valence-electron chi connectivity index (χ0n) is 19.1. The highest BCUT2D eigenvalue weighted by atomic mass is 35.5. The van der Waals surface area contributed by atoms with Crippen LogP contribution >= 0.6 is 11.6 Å². The van der Waals surface area contributed by atoms with Gasteiger partial charge < -0.3 is 9.88 Å². The molecule has 0 spiro atoms. The minimum atomic E-state index is -0.463. The van der Waals surface area contributed by atoms with E-state index in [2.05, 4.69) is 5.32 Å². The molecule has 4 rings (SSSR count). The normalized spacial score (nSPS) is 10.8. The molecule has 1 heterocycles. The summed E-state index contributed by atoms with van der Waals surface area (Å²) in [7, 11) is 0. The number of halogens is 1. The van der Waals surface area contributed by atoms with E-state index in [0.717, 1.165) is 22.4 Å². The van der Waals surface area contributed by atoms with Gasteiger partial charge in [0.2, 0.25) is 0 Å². The minimum Gasteiger partial charge on any atom is -0.321 e. The molecule has 0 unspecified atom stereocenters. The van der Waals surface area contributed by atoms with E-state index in [0.29, 0.717) is 27.7 Å². The lowest BCUT2D eigenvalue weighted by Gasteiger charge is -2.22. The zero-order chi connectivity index (χ0) is 23.7. The lowest BCUT2D eigenvalue weighted by Crippen LogP contribution is -2.27. The van der Waals surface area contributed by atoms with Crippen molar-refractivity contribution in [2.75, 3.05) is 5.32 Å². The van der Waals surface area contributed by atoms with Crippen LogP contribution in [0.1, 0.15) is 32.7 Å². The molecule has 0 saturated carbocycles. The molecule has 3 aromatic carbocycles. The number of aryl methyl sites for hydroxylation is 4. The van der Waals surface area contributed by atoms with Crippen molar-refractivity contribution in [3.63, 3.8) is 0 Å². The molecule has 33 heavy (non-hydrogen) atoms. The molecule has 0 aliphatic heterocycles. The first-order valence-corrected chi connectivity index (χ1v) is 11.1. The Morgan fingerprint density at radius 3 is 2.09 bits per heavy atom. The van der Waals surface area contributed by atoms with Gasteiger partial charge in [-0.25, -0.2) is 0 Å². The van der Waals surface area contributed by atoms with E-state index in [9.17, 15) is 9.59 Å². The van der Waals surface area contributed by atoms with Crippen LogP contribution in [0.4, 0.5) is 5.69 Å². The predicted molar refractivity (Wildman–Crippen MR) is 136 cm³/mol. The van der Waals surface area contributed by atoms with E-state index < -0.39 is 5.91 Å². The van der Waals surface area contributed by atoms with Gasteiger partial charge in [-0.1, -0.05) is 66.2 Å². The second-order valence-corrected chi connectivity index (χ2v) is 8.60. The van der Waals surface area contributed by atoms with Gasteiger partial charge in [0, 0.05) is 33.7 Å². The van der Waals surface area contributed by atoms with Crippen molar-refractivity contribution in [1.29, 1.82) is 0 Å². The number of amides is 1. The Morgan fingerprint density at radius 2 is 1.42 bits per heavy atom. The van der Waals surface area contributed by atoms with E-state index in [-0.39, 0.29) is 11.0 Å². The van der Waals surface area contributed by atoms with Gasteiger partial charge in [-0.15, -0.1) is 0 Å². The van der Waals surface area contributed by atoms with Gasteiger partial charge in [-0.05, 0) is 56.5 Å². The number of pyridine rings is 1. The van der Waals surface area contributed by atoms with Crippen LogP contribution in [-0.4, -0.2) is 10.5 Å². The first-order chi connectivity index (χ1) is 15.8. The molecule has 0 radical (unpaired) electrons. The molecular weight excluding hydrogens is 432 g/mol. The topological polar surface area (TPSA) is 51.1 Å². The van der Waals surface area contributed by atoms with E-state index in [1.165, 1.54) is 6.07 Å². The second-order valence-electron chi connectivity index (χ2n) is 8.20. The largest absolute Gasteiger partial charge is 0.321 e. The fraction of sp³-hybridized carbons (Fsp3) is 0.143. The zero-order valence-corrected chi connectivity index (χ0v) is 19.8. The molecule has 0 fully saturated rings. The Bertz CT molecular complexity index is 1420. The summed E-state index contributed by atoms with van der Waals surface area (Å²) in [4.78, 5) is 27.0. The Morgan fingerprint density at radius 1 is 0.818 bits per heavy atom. The summed E-state index contributed by atoms with van der Waals surface area (Å²) in [6.45, 7) is 7.72. The number of anilines is 1. The van der Waals surface area contributed by atoms with Gasteiger partial charge in [-0.2, -0.15) is 0 Å². The smallest absolute Gasteiger partial charge is 0.261 e. The number of para-hydroxylation sites is 2. The summed E-state index contributed by atoms with van der Waals surface area (Å²) < 4.78 is 1.94. The molecule has 0 aliphatic rings. The Kier molecular flexibility index (Phi) is 6.21. The molecule has 4 nitrogen and oxygen atoms in total. The number of carbonyl (C=O) groups is 1. The number of aromatic nitrogens is 1. The van der Waals surface area contributed by atoms with Crippen molar-refractivity contribution in [1.82, 2.24) is 4.57 Å². The number of hydrogen-bond donors (Lipinski definition) is 1. The molecule has 1 aromatic heterocycles. The van der Waals surface area contributed by atoms with Crippen molar-refractivity contribution in [2.45, 2.75) is 27.7 Å². The SMILES string of the molecule is Cc1ccccc1-n1c(C)cc(=O)c(C(=O)Nc2c(C)cccc2C)c1-c1ccccc1Cl. The highest BCUT2D eigenvalue weighted by molar-refractivity contribution is 6.33. The van der Waals surface area contributed by atoms with Gasteiger partial charge in [0.15, 0.2) is 5.43 Å². The molecule has 166 valence electrons. The summed E-state index contributed by atoms with van der Waals surface area (Å²) in [5, 5.41) is 3.45. The number of nitrogens with zero attached hydrogens (tertiary/aromatic N) is 1. The third kappa shape index (κ3) is 4.22. The Hall–Kier alpha value is -3.63. The average molecular weight is 457 g/mol. The highest BCUT2D eigenvalue weighted by Crippen LogP contribution is 2.33. The van der Waals surface area contributed by atoms with E-state index in [4.69, 9.17) is 11.6 Å². The number of rotatable bonds is 4. The predicted octanol–water partition coefficient (Wildman–Crippen LogP) is 6.64. The second kappa shape index (κ2) is 9.08. The van der Waals surface area contributed by atoms with Gasteiger partial charge in [-0.3, -0.25) is 9.59 Å². The third-order valence-electron chi connectivity index (χ3n) is 5.83. The van der Waals surface area contributed by atoms with Crippen molar-refractivity contribution >= 4 is 23.2 Å². The minimum absolute atomic E-state index is 0.0552. The molecule has 0 atom stereocenters. The summed E-state index contributed by atoms with van der Waals surface area (Å²) in [6, 6.07) is 22.4. The van der Waals surface area contributed by atoms with Gasteiger partial charge >= 0.3 is 0 Å². The quantitative estimate of drug-likeness (QED) is 0.374.